The first-order valence-electron chi connectivity index (χ1n) is 7.86. The molecule has 6 atom stereocenters. The van der Waals surface area contributed by atoms with Gasteiger partial charge >= 0.3 is 5.97 Å². The minimum Gasteiger partial charge on any atom is -0.458 e. The molecule has 5 unspecified atom stereocenters. The summed E-state index contributed by atoms with van der Waals surface area (Å²) in [5.74, 6) is -1.33. The molecule has 1 amide bonds. The number of nitrogens with two attached hydrogens (primary N) is 1. The molecule has 4 aliphatic rings. The third-order valence-electron chi connectivity index (χ3n) is 5.47. The fourth-order valence-corrected chi connectivity index (χ4v) is 4.89. The zero-order chi connectivity index (χ0) is 16.6. The van der Waals surface area contributed by atoms with E-state index >= 15 is 0 Å². The van der Waals surface area contributed by atoms with Crippen LogP contribution in [0.4, 0.5) is 0 Å². The highest BCUT2D eigenvalue weighted by atomic mass is 127. The van der Waals surface area contributed by atoms with E-state index in [1.54, 1.807) is 5.06 Å². The number of fused-ring (bicyclic) bond motifs is 2. The summed E-state index contributed by atoms with van der Waals surface area (Å²) in [6.07, 6.45) is -0.323. The summed E-state index contributed by atoms with van der Waals surface area (Å²) in [6.45, 7) is 0.396. The minimum absolute atomic E-state index is 0.123. The molecular formula is C16H15IN2O5. The molecule has 5 rings (SSSR count). The second-order valence-corrected chi connectivity index (χ2v) is 7.89. The van der Waals surface area contributed by atoms with Crippen LogP contribution in [0.3, 0.4) is 0 Å². The average Bonchev–Trinajstić information content (AvgIpc) is 3.10. The lowest BCUT2D eigenvalue weighted by Gasteiger charge is -2.34. The Hall–Kier alpha value is -1.23. The van der Waals surface area contributed by atoms with Gasteiger partial charge in [-0.2, -0.15) is 5.06 Å². The van der Waals surface area contributed by atoms with E-state index in [2.05, 4.69) is 22.6 Å². The van der Waals surface area contributed by atoms with E-state index in [4.69, 9.17) is 20.0 Å². The normalized spacial score (nSPS) is 42.4. The van der Waals surface area contributed by atoms with Gasteiger partial charge in [0.2, 0.25) is 0 Å². The molecule has 0 spiro atoms. The Labute approximate surface area is 151 Å². The third-order valence-corrected chi connectivity index (χ3v) is 6.52. The van der Waals surface area contributed by atoms with Crippen molar-refractivity contribution in [1.29, 1.82) is 0 Å². The van der Waals surface area contributed by atoms with Crippen LogP contribution in [-0.2, 0) is 30.4 Å². The topological polar surface area (TPSA) is 94.4 Å². The van der Waals surface area contributed by atoms with Crippen LogP contribution in [0, 0.1) is 9.49 Å². The minimum atomic E-state index is -1.22. The molecule has 3 aliphatic heterocycles. The van der Waals surface area contributed by atoms with Crippen molar-refractivity contribution in [3.05, 3.63) is 33.4 Å². The summed E-state index contributed by atoms with van der Waals surface area (Å²) >= 11 is 2.24. The summed E-state index contributed by atoms with van der Waals surface area (Å²) in [4.78, 5) is 30.8. The SMILES string of the molecule is NC(=O)[C@]12CC3OC3C3OC(=O)C(C31)N(Cc1ccccc1I)O2. The third kappa shape index (κ3) is 1.88. The highest BCUT2D eigenvalue weighted by Gasteiger charge is 2.76. The maximum Gasteiger partial charge on any atom is 0.326 e. The largest absolute Gasteiger partial charge is 0.458 e. The summed E-state index contributed by atoms with van der Waals surface area (Å²) in [7, 11) is 0. The number of carbonyl (C=O) groups is 2. The van der Waals surface area contributed by atoms with Crippen LogP contribution in [0.2, 0.25) is 0 Å². The number of hydrogen-bond donors (Lipinski definition) is 1. The van der Waals surface area contributed by atoms with Gasteiger partial charge in [-0.3, -0.25) is 14.4 Å². The Morgan fingerprint density at radius 1 is 1.38 bits per heavy atom. The van der Waals surface area contributed by atoms with Gasteiger partial charge in [0, 0.05) is 9.99 Å². The molecule has 0 radical (unpaired) electrons. The van der Waals surface area contributed by atoms with Crippen LogP contribution in [0.1, 0.15) is 12.0 Å². The van der Waals surface area contributed by atoms with Crippen molar-refractivity contribution in [2.45, 2.75) is 42.9 Å². The zero-order valence-electron chi connectivity index (χ0n) is 12.6. The number of nitrogens with zero attached hydrogens (tertiary/aromatic N) is 1. The van der Waals surface area contributed by atoms with Gasteiger partial charge in [-0.05, 0) is 34.2 Å². The van der Waals surface area contributed by atoms with Gasteiger partial charge in [0.1, 0.15) is 18.2 Å². The number of ether oxygens (including phenoxy) is 2. The van der Waals surface area contributed by atoms with E-state index in [9.17, 15) is 9.59 Å². The Balaban J connectivity index is 1.54. The van der Waals surface area contributed by atoms with Crippen LogP contribution in [0.5, 0.6) is 0 Å². The number of halogens is 1. The fraction of sp³-hybridized carbons (Fsp3) is 0.500. The first kappa shape index (κ1) is 15.1. The number of esters is 1. The molecular weight excluding hydrogens is 427 g/mol. The number of primary amides is 1. The van der Waals surface area contributed by atoms with E-state index in [0.29, 0.717) is 13.0 Å². The number of hydrogen-bond acceptors (Lipinski definition) is 6. The van der Waals surface area contributed by atoms with Crippen molar-refractivity contribution in [2.24, 2.45) is 11.7 Å². The summed E-state index contributed by atoms with van der Waals surface area (Å²) in [6, 6.07) is 7.22. The molecule has 4 fully saturated rings. The second-order valence-electron chi connectivity index (χ2n) is 6.73. The molecule has 24 heavy (non-hydrogen) atoms. The molecule has 0 aromatic heterocycles. The van der Waals surface area contributed by atoms with Crippen LogP contribution >= 0.6 is 22.6 Å². The van der Waals surface area contributed by atoms with E-state index in [0.717, 1.165) is 9.13 Å². The second kappa shape index (κ2) is 4.90. The van der Waals surface area contributed by atoms with E-state index in [-0.39, 0.29) is 18.2 Å². The molecule has 3 saturated heterocycles. The maximum atomic E-state index is 12.5. The molecule has 0 bridgehead atoms. The Morgan fingerprint density at radius 3 is 2.92 bits per heavy atom. The van der Waals surface area contributed by atoms with E-state index in [1.165, 1.54) is 0 Å². The van der Waals surface area contributed by atoms with Gasteiger partial charge in [-0.1, -0.05) is 18.2 Å². The highest BCUT2D eigenvalue weighted by Crippen LogP contribution is 2.57. The average molecular weight is 442 g/mol. The van der Waals surface area contributed by atoms with E-state index in [1.807, 2.05) is 24.3 Å². The van der Waals surface area contributed by atoms with Crippen molar-refractivity contribution in [3.8, 4) is 0 Å². The summed E-state index contributed by atoms with van der Waals surface area (Å²) in [5.41, 5.74) is 5.49. The number of epoxide rings is 1. The lowest BCUT2D eigenvalue weighted by Crippen LogP contribution is -2.57. The summed E-state index contributed by atoms with van der Waals surface area (Å²) in [5, 5.41) is 1.58. The molecule has 8 heteroatoms. The smallest absolute Gasteiger partial charge is 0.326 e. The number of benzene rings is 1. The summed E-state index contributed by atoms with van der Waals surface area (Å²) < 4.78 is 12.2. The molecule has 7 nitrogen and oxygen atoms in total. The molecule has 1 aromatic carbocycles. The number of carbonyl (C=O) groups excluding carboxylic acids is 2. The van der Waals surface area contributed by atoms with Gasteiger partial charge < -0.3 is 15.2 Å². The van der Waals surface area contributed by atoms with Crippen molar-refractivity contribution in [1.82, 2.24) is 5.06 Å². The number of amides is 1. The Morgan fingerprint density at radius 2 is 2.17 bits per heavy atom. The fourth-order valence-electron chi connectivity index (χ4n) is 4.34. The van der Waals surface area contributed by atoms with Gasteiger partial charge in [-0.25, -0.2) is 0 Å². The molecule has 3 heterocycles. The molecule has 126 valence electrons. The van der Waals surface area contributed by atoms with Crippen molar-refractivity contribution >= 4 is 34.5 Å². The molecule has 2 N–H and O–H groups in total. The Bertz CT molecular complexity index is 758. The first-order chi connectivity index (χ1) is 11.5. The standard InChI is InChI=1S/C16H15IN2O5/c17-8-4-2-1-3-7(8)6-19-11-10-13(23-14(11)20)12-9(22-12)5-16(10,24-19)15(18)21/h1-4,9-13H,5-6H2,(H2,18,21)/t9?,10?,11?,12?,13?,16-/m0/s1. The van der Waals surface area contributed by atoms with Crippen LogP contribution < -0.4 is 5.73 Å². The van der Waals surface area contributed by atoms with Crippen LogP contribution in [0.15, 0.2) is 24.3 Å². The van der Waals surface area contributed by atoms with Gasteiger partial charge in [0.15, 0.2) is 5.60 Å². The van der Waals surface area contributed by atoms with Gasteiger partial charge in [-0.15, -0.1) is 0 Å². The lowest BCUT2D eigenvalue weighted by atomic mass is 9.72. The van der Waals surface area contributed by atoms with Gasteiger partial charge in [0.05, 0.1) is 18.6 Å². The molecule has 1 aliphatic carbocycles. The van der Waals surface area contributed by atoms with E-state index < -0.39 is 29.6 Å². The maximum absolute atomic E-state index is 12.5. The Kier molecular flexibility index (Phi) is 3.08. The lowest BCUT2D eigenvalue weighted by molar-refractivity contribution is -0.227. The monoisotopic (exact) mass is 442 g/mol. The van der Waals surface area contributed by atoms with Crippen molar-refractivity contribution in [3.63, 3.8) is 0 Å². The number of hydroxylamine groups is 2. The highest BCUT2D eigenvalue weighted by molar-refractivity contribution is 14.1. The molecule has 1 saturated carbocycles. The zero-order valence-corrected chi connectivity index (χ0v) is 14.7. The first-order valence-corrected chi connectivity index (χ1v) is 8.94. The quantitative estimate of drug-likeness (QED) is 0.413. The number of rotatable bonds is 3. The predicted molar refractivity (Wildman–Crippen MR) is 88.1 cm³/mol. The van der Waals surface area contributed by atoms with Crippen molar-refractivity contribution < 1.29 is 23.9 Å². The van der Waals surface area contributed by atoms with Crippen molar-refractivity contribution in [2.75, 3.05) is 0 Å². The molecule has 1 aromatic rings. The van der Waals surface area contributed by atoms with Gasteiger partial charge in [0.25, 0.3) is 5.91 Å². The predicted octanol–water partition coefficient (Wildman–Crippen LogP) is 0.344. The van der Waals surface area contributed by atoms with Crippen LogP contribution in [0.25, 0.3) is 0 Å². The van der Waals surface area contributed by atoms with Crippen LogP contribution in [-0.4, -0.2) is 46.9 Å².